The van der Waals surface area contributed by atoms with Crippen LogP contribution in [0.4, 0.5) is 0 Å². The van der Waals surface area contributed by atoms with E-state index in [0.717, 1.165) is 25.8 Å². The van der Waals surface area contributed by atoms with Crippen LogP contribution in [-0.4, -0.2) is 46.8 Å². The number of carbonyl (C=O) groups excluding carboxylic acids is 2. The van der Waals surface area contributed by atoms with Crippen molar-refractivity contribution in [3.8, 4) is 0 Å². The predicted octanol–water partition coefficient (Wildman–Crippen LogP) is 2.15. The molecule has 2 amide bonds. The highest BCUT2D eigenvalue weighted by molar-refractivity contribution is 7.07. The first-order valence-corrected chi connectivity index (χ1v) is 8.66. The quantitative estimate of drug-likeness (QED) is 0.855. The molecule has 1 aromatic heterocycles. The van der Waals surface area contributed by atoms with Gasteiger partial charge in [0.05, 0.1) is 0 Å². The molecular formula is C16H22N2O2S. The molecule has 2 saturated heterocycles. The van der Waals surface area contributed by atoms with Gasteiger partial charge in [-0.1, -0.05) is 13.8 Å². The van der Waals surface area contributed by atoms with Crippen LogP contribution in [0.15, 0.2) is 16.8 Å². The standard InChI is InChI=1S/C16H22N2O2S/c1-11(2)14-16(20)17-7-3-4-13(17)15(19)18(14)8-5-12-6-9-21-10-12/h6,9-11,13-14H,3-5,7-8H2,1-2H3. The fraction of sp³-hybridized carbons (Fsp3) is 0.625. The molecule has 2 aliphatic heterocycles. The molecule has 0 spiro atoms. The summed E-state index contributed by atoms with van der Waals surface area (Å²) in [4.78, 5) is 29.1. The average molecular weight is 306 g/mol. The largest absolute Gasteiger partial charge is 0.329 e. The van der Waals surface area contributed by atoms with E-state index in [9.17, 15) is 9.59 Å². The van der Waals surface area contributed by atoms with E-state index in [1.54, 1.807) is 11.3 Å². The summed E-state index contributed by atoms with van der Waals surface area (Å²) in [7, 11) is 0. The third kappa shape index (κ3) is 2.59. The first kappa shape index (κ1) is 14.6. The van der Waals surface area contributed by atoms with Crippen molar-refractivity contribution >= 4 is 23.2 Å². The van der Waals surface area contributed by atoms with Gasteiger partial charge in [0.15, 0.2) is 0 Å². The summed E-state index contributed by atoms with van der Waals surface area (Å²) >= 11 is 1.67. The number of piperazine rings is 1. The number of hydrogen-bond donors (Lipinski definition) is 0. The molecule has 0 aliphatic carbocycles. The van der Waals surface area contributed by atoms with Crippen LogP contribution in [0.2, 0.25) is 0 Å². The summed E-state index contributed by atoms with van der Waals surface area (Å²) in [5.41, 5.74) is 1.25. The lowest BCUT2D eigenvalue weighted by atomic mass is 9.95. The molecule has 2 aliphatic rings. The molecular weight excluding hydrogens is 284 g/mol. The van der Waals surface area contributed by atoms with E-state index in [4.69, 9.17) is 0 Å². The van der Waals surface area contributed by atoms with Gasteiger partial charge in [0.1, 0.15) is 12.1 Å². The minimum Gasteiger partial charge on any atom is -0.329 e. The number of amides is 2. The van der Waals surface area contributed by atoms with Gasteiger partial charge in [0.25, 0.3) is 0 Å². The topological polar surface area (TPSA) is 40.6 Å². The molecule has 3 heterocycles. The zero-order chi connectivity index (χ0) is 15.0. The summed E-state index contributed by atoms with van der Waals surface area (Å²) in [5.74, 6) is 0.462. The molecule has 0 radical (unpaired) electrons. The molecule has 0 N–H and O–H groups in total. The van der Waals surface area contributed by atoms with Gasteiger partial charge >= 0.3 is 0 Å². The van der Waals surface area contributed by atoms with Gasteiger partial charge in [0.2, 0.25) is 11.8 Å². The molecule has 114 valence electrons. The van der Waals surface area contributed by atoms with Crippen molar-refractivity contribution in [3.05, 3.63) is 22.4 Å². The van der Waals surface area contributed by atoms with Crippen LogP contribution in [0.3, 0.4) is 0 Å². The lowest BCUT2D eigenvalue weighted by Crippen LogP contribution is -2.64. The molecule has 0 aromatic carbocycles. The highest BCUT2D eigenvalue weighted by Crippen LogP contribution is 2.30. The fourth-order valence-corrected chi connectivity index (χ4v) is 4.20. The first-order chi connectivity index (χ1) is 10.1. The van der Waals surface area contributed by atoms with Crippen LogP contribution in [0, 0.1) is 5.92 Å². The molecule has 2 unspecified atom stereocenters. The lowest BCUT2D eigenvalue weighted by molar-refractivity contribution is -0.161. The minimum atomic E-state index is -0.287. The van der Waals surface area contributed by atoms with Crippen molar-refractivity contribution in [3.63, 3.8) is 0 Å². The van der Waals surface area contributed by atoms with Crippen molar-refractivity contribution in [1.82, 2.24) is 9.80 Å². The molecule has 1 aromatic rings. The zero-order valence-corrected chi connectivity index (χ0v) is 13.4. The Bertz CT molecular complexity index is 526. The summed E-state index contributed by atoms with van der Waals surface area (Å²) in [5, 5.41) is 4.17. The monoisotopic (exact) mass is 306 g/mol. The van der Waals surface area contributed by atoms with E-state index in [2.05, 4.69) is 16.8 Å². The number of thiophene rings is 1. The Kier molecular flexibility index (Phi) is 4.02. The van der Waals surface area contributed by atoms with Crippen LogP contribution >= 0.6 is 11.3 Å². The third-order valence-electron chi connectivity index (χ3n) is 4.55. The number of nitrogens with zero attached hydrogens (tertiary/aromatic N) is 2. The lowest BCUT2D eigenvalue weighted by Gasteiger charge is -2.44. The minimum absolute atomic E-state index is 0.150. The van der Waals surface area contributed by atoms with Gasteiger partial charge < -0.3 is 9.80 Å². The van der Waals surface area contributed by atoms with Gasteiger partial charge in [-0.05, 0) is 47.6 Å². The summed E-state index contributed by atoms with van der Waals surface area (Å²) in [6.45, 7) is 5.46. The van der Waals surface area contributed by atoms with E-state index in [-0.39, 0.29) is 29.8 Å². The summed E-state index contributed by atoms with van der Waals surface area (Å²) < 4.78 is 0. The Balaban J connectivity index is 1.80. The molecule has 4 nitrogen and oxygen atoms in total. The van der Waals surface area contributed by atoms with Crippen LogP contribution < -0.4 is 0 Å². The van der Waals surface area contributed by atoms with Crippen molar-refractivity contribution in [1.29, 1.82) is 0 Å². The highest BCUT2D eigenvalue weighted by Gasteiger charge is 2.48. The van der Waals surface area contributed by atoms with Gasteiger partial charge in [-0.2, -0.15) is 11.3 Å². The molecule has 0 bridgehead atoms. The second kappa shape index (κ2) is 5.79. The second-order valence-electron chi connectivity index (χ2n) is 6.29. The SMILES string of the molecule is CC(C)C1C(=O)N2CCCC2C(=O)N1CCc1ccsc1. The average Bonchev–Trinajstić information content (AvgIpc) is 3.10. The van der Waals surface area contributed by atoms with Crippen molar-refractivity contribution < 1.29 is 9.59 Å². The predicted molar refractivity (Wildman–Crippen MR) is 83.1 cm³/mol. The maximum atomic E-state index is 12.8. The fourth-order valence-electron chi connectivity index (χ4n) is 3.50. The summed E-state index contributed by atoms with van der Waals surface area (Å²) in [6, 6.07) is 1.60. The normalized spacial score (nSPS) is 25.9. The zero-order valence-electron chi connectivity index (χ0n) is 12.6. The Morgan fingerprint density at radius 1 is 1.33 bits per heavy atom. The van der Waals surface area contributed by atoms with Crippen LogP contribution in [0.1, 0.15) is 32.3 Å². The van der Waals surface area contributed by atoms with Gasteiger partial charge in [0, 0.05) is 13.1 Å². The van der Waals surface area contributed by atoms with Crippen LogP contribution in [-0.2, 0) is 16.0 Å². The highest BCUT2D eigenvalue weighted by atomic mass is 32.1. The van der Waals surface area contributed by atoms with Gasteiger partial charge in [-0.25, -0.2) is 0 Å². The molecule has 5 heteroatoms. The number of carbonyl (C=O) groups is 2. The molecule has 0 saturated carbocycles. The Hall–Kier alpha value is -1.36. The third-order valence-corrected chi connectivity index (χ3v) is 5.28. The Labute approximate surface area is 129 Å². The van der Waals surface area contributed by atoms with Gasteiger partial charge in [-0.3, -0.25) is 9.59 Å². The van der Waals surface area contributed by atoms with Crippen LogP contribution in [0.5, 0.6) is 0 Å². The molecule has 3 rings (SSSR count). The maximum Gasteiger partial charge on any atom is 0.246 e. The summed E-state index contributed by atoms with van der Waals surface area (Å²) in [6.07, 6.45) is 2.61. The second-order valence-corrected chi connectivity index (χ2v) is 7.07. The van der Waals surface area contributed by atoms with Gasteiger partial charge in [-0.15, -0.1) is 0 Å². The smallest absolute Gasteiger partial charge is 0.246 e. The molecule has 2 atom stereocenters. The van der Waals surface area contributed by atoms with Crippen LogP contribution in [0.25, 0.3) is 0 Å². The maximum absolute atomic E-state index is 12.8. The van der Waals surface area contributed by atoms with E-state index in [0.29, 0.717) is 6.54 Å². The molecule has 21 heavy (non-hydrogen) atoms. The van der Waals surface area contributed by atoms with E-state index in [1.165, 1.54) is 5.56 Å². The number of rotatable bonds is 4. The van der Waals surface area contributed by atoms with E-state index < -0.39 is 0 Å². The molecule has 2 fully saturated rings. The number of fused-ring (bicyclic) bond motifs is 1. The Morgan fingerprint density at radius 2 is 2.14 bits per heavy atom. The van der Waals surface area contributed by atoms with E-state index >= 15 is 0 Å². The number of hydrogen-bond acceptors (Lipinski definition) is 3. The van der Waals surface area contributed by atoms with Crippen molar-refractivity contribution in [2.24, 2.45) is 5.92 Å². The van der Waals surface area contributed by atoms with Crippen molar-refractivity contribution in [2.45, 2.75) is 45.2 Å². The Morgan fingerprint density at radius 3 is 2.81 bits per heavy atom. The first-order valence-electron chi connectivity index (χ1n) is 7.71. The van der Waals surface area contributed by atoms with E-state index in [1.807, 2.05) is 23.6 Å². The van der Waals surface area contributed by atoms with Crippen molar-refractivity contribution in [2.75, 3.05) is 13.1 Å².